The van der Waals surface area contributed by atoms with Gasteiger partial charge in [-0.05, 0) is 0 Å². The van der Waals surface area contributed by atoms with Crippen LogP contribution in [0.4, 0.5) is 0 Å². The summed E-state index contributed by atoms with van der Waals surface area (Å²) in [6.07, 6.45) is 0. The summed E-state index contributed by atoms with van der Waals surface area (Å²) in [6.45, 7) is 4.79. The minimum atomic E-state index is 0.426. The lowest BCUT2D eigenvalue weighted by Crippen LogP contribution is -2.18. The van der Waals surface area contributed by atoms with E-state index in [0.29, 0.717) is 5.25 Å². The van der Waals surface area contributed by atoms with Crippen molar-refractivity contribution in [1.82, 2.24) is 5.06 Å². The molecule has 1 heterocycles. The third kappa shape index (κ3) is 1.37. The molecule has 1 rings (SSSR count). The highest BCUT2D eigenvalue weighted by Gasteiger charge is 2.17. The lowest BCUT2D eigenvalue weighted by Gasteiger charge is -2.07. The fraction of sp³-hybridized carbons (Fsp3) is 1.00. The molecule has 0 aromatic carbocycles. The summed E-state index contributed by atoms with van der Waals surface area (Å²) in [5.74, 6) is 0. The van der Waals surface area contributed by atoms with Crippen LogP contribution in [0.3, 0.4) is 0 Å². The molecule has 1 aliphatic rings. The van der Waals surface area contributed by atoms with E-state index in [2.05, 4.69) is 19.6 Å². The van der Waals surface area contributed by atoms with Crippen molar-refractivity contribution in [3.63, 3.8) is 0 Å². The lowest BCUT2D eigenvalue weighted by molar-refractivity contribution is -0.105. The van der Waals surface area contributed by atoms with Crippen molar-refractivity contribution in [2.24, 2.45) is 0 Å². The van der Waals surface area contributed by atoms with Gasteiger partial charge in [0.15, 0.2) is 0 Å². The van der Waals surface area contributed by atoms with Gasteiger partial charge < -0.3 is 0 Å². The molecule has 0 amide bonds. The maximum absolute atomic E-state index is 5.17. The van der Waals surface area contributed by atoms with Crippen molar-refractivity contribution in [2.45, 2.75) is 12.2 Å². The summed E-state index contributed by atoms with van der Waals surface area (Å²) in [4.78, 5) is 5.17. The van der Waals surface area contributed by atoms with Gasteiger partial charge in [0, 0.05) is 18.3 Å². The third-order valence-corrected chi connectivity index (χ3v) is 1.53. The second kappa shape index (κ2) is 2.71. The monoisotopic (exact) mass is 133 g/mol. The smallest absolute Gasteiger partial charge is 0.0814 e. The average molecular weight is 133 g/mol. The summed E-state index contributed by atoms with van der Waals surface area (Å²) in [6, 6.07) is 0. The van der Waals surface area contributed by atoms with Crippen LogP contribution in [0.2, 0.25) is 0 Å². The molecule has 0 N–H and O–H groups in total. The van der Waals surface area contributed by atoms with E-state index < -0.39 is 0 Å². The molecule has 2 nitrogen and oxygen atoms in total. The van der Waals surface area contributed by atoms with E-state index in [0.717, 1.165) is 19.7 Å². The van der Waals surface area contributed by atoms with Gasteiger partial charge in [0.1, 0.15) is 0 Å². The number of hydroxylamine groups is 2. The molecular weight excluding hydrogens is 122 g/mol. The quantitative estimate of drug-likeness (QED) is 0.524. The summed E-state index contributed by atoms with van der Waals surface area (Å²) in [7, 11) is 0. The second-order valence-electron chi connectivity index (χ2n) is 1.93. The summed E-state index contributed by atoms with van der Waals surface area (Å²) < 4.78 is 0. The van der Waals surface area contributed by atoms with Gasteiger partial charge in [-0.2, -0.15) is 17.7 Å². The molecule has 0 saturated carbocycles. The Morgan fingerprint density at radius 3 is 2.88 bits per heavy atom. The Kier molecular flexibility index (Phi) is 2.16. The zero-order valence-corrected chi connectivity index (χ0v) is 5.90. The molecule has 48 valence electrons. The lowest BCUT2D eigenvalue weighted by atomic mass is 10.4. The molecule has 1 unspecified atom stereocenters. The Hall–Kier alpha value is 0.270. The van der Waals surface area contributed by atoms with Crippen LogP contribution in [-0.4, -0.2) is 30.0 Å². The number of hydrogen-bond acceptors (Lipinski definition) is 3. The van der Waals surface area contributed by atoms with Gasteiger partial charge in [-0.1, -0.05) is 6.92 Å². The molecule has 3 heteroatoms. The second-order valence-corrected chi connectivity index (χ2v) is 2.66. The highest BCUT2D eigenvalue weighted by molar-refractivity contribution is 7.81. The van der Waals surface area contributed by atoms with Gasteiger partial charge in [0.25, 0.3) is 0 Å². The normalized spacial score (nSPS) is 31.5. The molecule has 0 bridgehead atoms. The summed E-state index contributed by atoms with van der Waals surface area (Å²) in [5, 5.41) is 2.35. The molecule has 0 aromatic heterocycles. The molecule has 1 aliphatic heterocycles. The summed E-state index contributed by atoms with van der Waals surface area (Å²) >= 11 is 4.24. The Bertz CT molecular complexity index is 78.8. The molecule has 0 spiro atoms. The first-order valence-electron chi connectivity index (χ1n) is 2.89. The fourth-order valence-corrected chi connectivity index (χ4v) is 1.00. The van der Waals surface area contributed by atoms with E-state index in [9.17, 15) is 0 Å². The molecule has 1 fully saturated rings. The van der Waals surface area contributed by atoms with Crippen molar-refractivity contribution in [2.75, 3.05) is 19.7 Å². The van der Waals surface area contributed by atoms with Gasteiger partial charge >= 0.3 is 0 Å². The SMILES string of the molecule is CCN1CC(S)CO1. The highest BCUT2D eigenvalue weighted by Crippen LogP contribution is 2.08. The predicted octanol–water partition coefficient (Wildman–Crippen LogP) is 0.552. The summed E-state index contributed by atoms with van der Waals surface area (Å²) in [5.41, 5.74) is 0. The van der Waals surface area contributed by atoms with Crippen molar-refractivity contribution in [1.29, 1.82) is 0 Å². The van der Waals surface area contributed by atoms with Gasteiger partial charge in [-0.15, -0.1) is 0 Å². The minimum absolute atomic E-state index is 0.426. The maximum atomic E-state index is 5.17. The van der Waals surface area contributed by atoms with Crippen LogP contribution < -0.4 is 0 Å². The third-order valence-electron chi connectivity index (χ3n) is 1.22. The van der Waals surface area contributed by atoms with E-state index in [4.69, 9.17) is 4.84 Å². The Morgan fingerprint density at radius 2 is 2.62 bits per heavy atom. The van der Waals surface area contributed by atoms with Crippen LogP contribution >= 0.6 is 12.6 Å². The van der Waals surface area contributed by atoms with Crippen molar-refractivity contribution in [3.8, 4) is 0 Å². The molecule has 0 aromatic rings. The van der Waals surface area contributed by atoms with Crippen LogP contribution in [-0.2, 0) is 4.84 Å². The number of rotatable bonds is 1. The van der Waals surface area contributed by atoms with Crippen LogP contribution in [0.15, 0.2) is 0 Å². The van der Waals surface area contributed by atoms with E-state index in [1.807, 2.05) is 5.06 Å². The molecule has 1 saturated heterocycles. The molecule has 8 heavy (non-hydrogen) atoms. The highest BCUT2D eigenvalue weighted by atomic mass is 32.1. The number of hydrogen-bond donors (Lipinski definition) is 1. The van der Waals surface area contributed by atoms with Crippen LogP contribution in [0.5, 0.6) is 0 Å². The molecule has 1 atom stereocenters. The minimum Gasteiger partial charge on any atom is -0.298 e. The molecule has 0 aliphatic carbocycles. The standard InChI is InChI=1S/C5H11NOS/c1-2-6-3-5(8)4-7-6/h5,8H,2-4H2,1H3. The number of nitrogens with zero attached hydrogens (tertiary/aromatic N) is 1. The van der Waals surface area contributed by atoms with Crippen molar-refractivity contribution in [3.05, 3.63) is 0 Å². The zero-order chi connectivity index (χ0) is 5.98. The van der Waals surface area contributed by atoms with E-state index in [-0.39, 0.29) is 0 Å². The number of thiol groups is 1. The largest absolute Gasteiger partial charge is 0.298 e. The van der Waals surface area contributed by atoms with Gasteiger partial charge in [-0.3, -0.25) is 4.84 Å². The van der Waals surface area contributed by atoms with E-state index >= 15 is 0 Å². The topological polar surface area (TPSA) is 12.5 Å². The Labute approximate surface area is 55.2 Å². The molecule has 0 radical (unpaired) electrons. The van der Waals surface area contributed by atoms with Crippen molar-refractivity contribution >= 4 is 12.6 Å². The van der Waals surface area contributed by atoms with Crippen LogP contribution in [0.1, 0.15) is 6.92 Å². The fourth-order valence-electron chi connectivity index (χ4n) is 0.752. The van der Waals surface area contributed by atoms with E-state index in [1.165, 1.54) is 0 Å². The first kappa shape index (κ1) is 6.39. The van der Waals surface area contributed by atoms with Crippen molar-refractivity contribution < 1.29 is 4.84 Å². The van der Waals surface area contributed by atoms with E-state index in [1.54, 1.807) is 0 Å². The van der Waals surface area contributed by atoms with Crippen LogP contribution in [0, 0.1) is 0 Å². The van der Waals surface area contributed by atoms with Gasteiger partial charge in [0.2, 0.25) is 0 Å². The van der Waals surface area contributed by atoms with Gasteiger partial charge in [-0.25, -0.2) is 0 Å². The first-order chi connectivity index (χ1) is 3.83. The zero-order valence-electron chi connectivity index (χ0n) is 5.00. The first-order valence-corrected chi connectivity index (χ1v) is 3.40. The Morgan fingerprint density at radius 1 is 1.88 bits per heavy atom. The molecular formula is C5H11NOS. The van der Waals surface area contributed by atoms with Crippen LogP contribution in [0.25, 0.3) is 0 Å². The Balaban J connectivity index is 2.22. The van der Waals surface area contributed by atoms with Gasteiger partial charge in [0.05, 0.1) is 6.61 Å². The predicted molar refractivity (Wildman–Crippen MR) is 36.0 cm³/mol. The average Bonchev–Trinajstić information content (AvgIpc) is 2.14. The maximum Gasteiger partial charge on any atom is 0.0814 e.